The number of Topliss-reactive ketones (excluding diaryl/α,β-unsaturated/α-hetero) is 1. The van der Waals surface area contributed by atoms with Crippen molar-refractivity contribution in [1.29, 1.82) is 0 Å². The van der Waals surface area contributed by atoms with Gasteiger partial charge in [0.05, 0.1) is 0 Å². The first-order chi connectivity index (χ1) is 9.25. The number of carbonyl (C=O) groups is 1. The molecule has 1 atom stereocenters. The molecule has 94 valence electrons. The standard InChI is InChI=1S/C17H15NO/c1-12(17(19)13-5-3-2-4-6-13)14-7-8-16-15(11-14)9-10-18-16/h2-12,18H,1H3. The minimum absolute atomic E-state index is 0.123. The minimum Gasteiger partial charge on any atom is -0.361 e. The minimum atomic E-state index is -0.123. The number of hydrogen-bond donors (Lipinski definition) is 1. The Bertz CT molecular complexity index is 712. The van der Waals surface area contributed by atoms with Gasteiger partial charge in [0.25, 0.3) is 0 Å². The number of nitrogens with one attached hydrogen (secondary N) is 1. The zero-order chi connectivity index (χ0) is 13.2. The third-order valence-corrected chi connectivity index (χ3v) is 3.53. The summed E-state index contributed by atoms with van der Waals surface area (Å²) in [5, 5.41) is 1.14. The summed E-state index contributed by atoms with van der Waals surface area (Å²) in [6.07, 6.45) is 1.91. The van der Waals surface area contributed by atoms with Gasteiger partial charge in [0.1, 0.15) is 0 Å². The highest BCUT2D eigenvalue weighted by molar-refractivity contribution is 6.01. The van der Waals surface area contributed by atoms with Gasteiger partial charge in [-0.3, -0.25) is 4.79 Å². The predicted octanol–water partition coefficient (Wildman–Crippen LogP) is 4.15. The van der Waals surface area contributed by atoms with Crippen LogP contribution in [-0.4, -0.2) is 10.8 Å². The third kappa shape index (κ3) is 2.17. The first-order valence-electron chi connectivity index (χ1n) is 6.42. The summed E-state index contributed by atoms with van der Waals surface area (Å²) in [5.74, 6) is 0.0391. The van der Waals surface area contributed by atoms with E-state index in [4.69, 9.17) is 0 Å². The van der Waals surface area contributed by atoms with Crippen LogP contribution in [-0.2, 0) is 0 Å². The SMILES string of the molecule is CC(C(=O)c1ccccc1)c1ccc2[nH]ccc2c1. The van der Waals surface area contributed by atoms with Crippen LogP contribution < -0.4 is 0 Å². The van der Waals surface area contributed by atoms with Crippen LogP contribution >= 0.6 is 0 Å². The van der Waals surface area contributed by atoms with Crippen molar-refractivity contribution in [2.75, 3.05) is 0 Å². The average molecular weight is 249 g/mol. The Morgan fingerprint density at radius 1 is 1.05 bits per heavy atom. The molecule has 0 amide bonds. The summed E-state index contributed by atoms with van der Waals surface area (Å²) in [6, 6.07) is 17.6. The molecule has 19 heavy (non-hydrogen) atoms. The molecular weight excluding hydrogens is 234 g/mol. The van der Waals surface area contributed by atoms with Gasteiger partial charge in [-0.1, -0.05) is 43.3 Å². The Balaban J connectivity index is 1.94. The van der Waals surface area contributed by atoms with Crippen LogP contribution in [0.4, 0.5) is 0 Å². The summed E-state index contributed by atoms with van der Waals surface area (Å²) in [5.41, 5.74) is 2.92. The van der Waals surface area contributed by atoms with Crippen LogP contribution in [0.1, 0.15) is 28.8 Å². The molecule has 1 N–H and O–H groups in total. The summed E-state index contributed by atoms with van der Waals surface area (Å²) in [6.45, 7) is 1.96. The molecule has 0 spiro atoms. The topological polar surface area (TPSA) is 32.9 Å². The number of aromatic nitrogens is 1. The van der Waals surface area contributed by atoms with Gasteiger partial charge < -0.3 is 4.98 Å². The van der Waals surface area contributed by atoms with Crippen molar-refractivity contribution in [2.24, 2.45) is 0 Å². The van der Waals surface area contributed by atoms with Crippen LogP contribution in [0.3, 0.4) is 0 Å². The van der Waals surface area contributed by atoms with E-state index < -0.39 is 0 Å². The fourth-order valence-electron chi connectivity index (χ4n) is 2.34. The normalized spacial score (nSPS) is 12.5. The lowest BCUT2D eigenvalue weighted by Crippen LogP contribution is -2.09. The Hall–Kier alpha value is -2.35. The molecule has 0 saturated carbocycles. The van der Waals surface area contributed by atoms with Crippen molar-refractivity contribution in [2.45, 2.75) is 12.8 Å². The van der Waals surface area contributed by atoms with Crippen LogP contribution in [0, 0.1) is 0 Å². The monoisotopic (exact) mass is 249 g/mol. The van der Waals surface area contributed by atoms with Crippen molar-refractivity contribution < 1.29 is 4.79 Å². The highest BCUT2D eigenvalue weighted by atomic mass is 16.1. The Morgan fingerprint density at radius 3 is 2.63 bits per heavy atom. The van der Waals surface area contributed by atoms with Crippen molar-refractivity contribution in [3.63, 3.8) is 0 Å². The van der Waals surface area contributed by atoms with Gasteiger partial charge in [0, 0.05) is 23.2 Å². The van der Waals surface area contributed by atoms with E-state index in [1.807, 2.05) is 61.7 Å². The fraction of sp³-hybridized carbons (Fsp3) is 0.118. The third-order valence-electron chi connectivity index (χ3n) is 3.53. The van der Waals surface area contributed by atoms with E-state index in [1.54, 1.807) is 0 Å². The number of carbonyl (C=O) groups excluding carboxylic acids is 1. The molecule has 1 heterocycles. The molecule has 3 rings (SSSR count). The summed E-state index contributed by atoms with van der Waals surface area (Å²) in [4.78, 5) is 15.6. The first kappa shape index (κ1) is 11.7. The summed E-state index contributed by atoms with van der Waals surface area (Å²) >= 11 is 0. The number of hydrogen-bond acceptors (Lipinski definition) is 1. The molecule has 1 aromatic heterocycles. The van der Waals surface area contributed by atoms with Gasteiger partial charge in [-0.15, -0.1) is 0 Å². The van der Waals surface area contributed by atoms with Gasteiger partial charge in [0.15, 0.2) is 5.78 Å². The Labute approximate surface area is 112 Å². The number of ketones is 1. The molecule has 2 heteroatoms. The van der Waals surface area contributed by atoms with E-state index >= 15 is 0 Å². The molecule has 0 aliphatic heterocycles. The lowest BCUT2D eigenvalue weighted by Gasteiger charge is -2.11. The summed E-state index contributed by atoms with van der Waals surface area (Å²) < 4.78 is 0. The lowest BCUT2D eigenvalue weighted by molar-refractivity contribution is 0.0966. The highest BCUT2D eigenvalue weighted by Gasteiger charge is 2.17. The van der Waals surface area contributed by atoms with E-state index in [9.17, 15) is 4.79 Å². The van der Waals surface area contributed by atoms with Crippen molar-refractivity contribution >= 4 is 16.7 Å². The summed E-state index contributed by atoms with van der Waals surface area (Å²) in [7, 11) is 0. The smallest absolute Gasteiger partial charge is 0.170 e. The van der Waals surface area contributed by atoms with E-state index in [-0.39, 0.29) is 11.7 Å². The van der Waals surface area contributed by atoms with Gasteiger partial charge in [-0.25, -0.2) is 0 Å². The van der Waals surface area contributed by atoms with Gasteiger partial charge in [-0.2, -0.15) is 0 Å². The number of H-pyrrole nitrogens is 1. The average Bonchev–Trinajstić information content (AvgIpc) is 2.94. The number of aromatic amines is 1. The Morgan fingerprint density at radius 2 is 1.84 bits per heavy atom. The lowest BCUT2D eigenvalue weighted by atomic mass is 9.92. The molecule has 2 nitrogen and oxygen atoms in total. The van der Waals surface area contributed by atoms with E-state index in [0.29, 0.717) is 0 Å². The second kappa shape index (κ2) is 4.73. The molecule has 0 aliphatic rings. The van der Waals surface area contributed by atoms with E-state index in [0.717, 1.165) is 22.0 Å². The molecule has 0 bridgehead atoms. The maximum Gasteiger partial charge on any atom is 0.170 e. The van der Waals surface area contributed by atoms with Crippen molar-refractivity contribution in [3.8, 4) is 0 Å². The van der Waals surface area contributed by atoms with Crippen LogP contribution in [0.25, 0.3) is 10.9 Å². The molecule has 2 aromatic carbocycles. The quantitative estimate of drug-likeness (QED) is 0.695. The molecule has 1 unspecified atom stereocenters. The predicted molar refractivity (Wildman–Crippen MR) is 77.5 cm³/mol. The van der Waals surface area contributed by atoms with Gasteiger partial charge in [0.2, 0.25) is 0 Å². The van der Waals surface area contributed by atoms with Crippen LogP contribution in [0.5, 0.6) is 0 Å². The molecule has 3 aromatic rings. The molecule has 0 aliphatic carbocycles. The fourth-order valence-corrected chi connectivity index (χ4v) is 2.34. The maximum absolute atomic E-state index is 12.4. The molecular formula is C17H15NO. The van der Waals surface area contributed by atoms with E-state index in [2.05, 4.69) is 11.1 Å². The van der Waals surface area contributed by atoms with E-state index in [1.165, 1.54) is 0 Å². The zero-order valence-electron chi connectivity index (χ0n) is 10.8. The number of rotatable bonds is 3. The second-order valence-electron chi connectivity index (χ2n) is 4.78. The highest BCUT2D eigenvalue weighted by Crippen LogP contribution is 2.24. The zero-order valence-corrected chi connectivity index (χ0v) is 10.8. The van der Waals surface area contributed by atoms with Crippen LogP contribution in [0.15, 0.2) is 60.8 Å². The van der Waals surface area contributed by atoms with Crippen LogP contribution in [0.2, 0.25) is 0 Å². The first-order valence-corrected chi connectivity index (χ1v) is 6.42. The second-order valence-corrected chi connectivity index (χ2v) is 4.78. The Kier molecular flexibility index (Phi) is 2.92. The maximum atomic E-state index is 12.4. The molecule has 0 saturated heterocycles. The number of fused-ring (bicyclic) bond motifs is 1. The van der Waals surface area contributed by atoms with Gasteiger partial charge >= 0.3 is 0 Å². The van der Waals surface area contributed by atoms with Crippen molar-refractivity contribution in [1.82, 2.24) is 4.98 Å². The number of benzene rings is 2. The molecule has 0 radical (unpaired) electrons. The molecule has 0 fully saturated rings. The largest absolute Gasteiger partial charge is 0.361 e. The van der Waals surface area contributed by atoms with Crippen molar-refractivity contribution in [3.05, 3.63) is 71.9 Å². The van der Waals surface area contributed by atoms with Gasteiger partial charge in [-0.05, 0) is 29.1 Å².